The zero-order chi connectivity index (χ0) is 10.5. The van der Waals surface area contributed by atoms with Crippen molar-refractivity contribution in [1.82, 2.24) is 4.84 Å². The van der Waals surface area contributed by atoms with Gasteiger partial charge in [0.15, 0.2) is 0 Å². The Hall–Kier alpha value is -1.31. The second kappa shape index (κ2) is 4.96. The normalized spacial score (nSPS) is 10.5. The van der Waals surface area contributed by atoms with Crippen molar-refractivity contribution in [2.24, 2.45) is 0 Å². The smallest absolute Gasteiger partial charge is 0.0720 e. The van der Waals surface area contributed by atoms with Crippen LogP contribution < -0.4 is 4.84 Å². The van der Waals surface area contributed by atoms with Crippen LogP contribution in [0.3, 0.4) is 0 Å². The minimum absolute atomic E-state index is 0.0501. The lowest BCUT2D eigenvalue weighted by Gasteiger charge is -2.15. The van der Waals surface area contributed by atoms with Crippen molar-refractivity contribution >= 4 is 11.8 Å². The zero-order valence-corrected chi connectivity index (χ0v) is 8.98. The fraction of sp³-hybridized carbons (Fsp3) is 0.0769. The molecule has 0 radical (unpaired) electrons. The number of hydrogen-bond acceptors (Lipinski definition) is 1. The van der Waals surface area contributed by atoms with Crippen LogP contribution in [0.25, 0.3) is 0 Å². The highest BCUT2D eigenvalue weighted by Gasteiger charge is 2.10. The molecule has 0 saturated carbocycles. The molecule has 1 N–H and O–H groups in total. The van der Waals surface area contributed by atoms with Crippen LogP contribution in [0, 0.1) is 0 Å². The molecule has 0 aliphatic carbocycles. The predicted octanol–water partition coefficient (Wildman–Crippen LogP) is 3.52. The fourth-order valence-electron chi connectivity index (χ4n) is 1.61. The van der Waals surface area contributed by atoms with Crippen molar-refractivity contribution < 1.29 is 0 Å². The van der Waals surface area contributed by atoms with Gasteiger partial charge in [-0.05, 0) is 22.9 Å². The number of halogens is 1. The summed E-state index contributed by atoms with van der Waals surface area (Å²) in [5.41, 5.74) is 2.33. The molecule has 2 heteroatoms. The molecule has 2 aromatic rings. The van der Waals surface area contributed by atoms with Crippen molar-refractivity contribution in [3.05, 3.63) is 71.8 Å². The summed E-state index contributed by atoms with van der Waals surface area (Å²) in [6.07, 6.45) is 0. The summed E-state index contributed by atoms with van der Waals surface area (Å²) in [5.74, 6) is 0. The second-order valence-corrected chi connectivity index (χ2v) is 3.58. The molecule has 2 rings (SSSR count). The van der Waals surface area contributed by atoms with Gasteiger partial charge in [0.25, 0.3) is 0 Å². The van der Waals surface area contributed by atoms with E-state index in [-0.39, 0.29) is 6.04 Å². The van der Waals surface area contributed by atoms with Crippen LogP contribution >= 0.6 is 11.8 Å². The lowest BCUT2D eigenvalue weighted by molar-refractivity contribution is 0.794. The Morgan fingerprint density at radius 2 is 1.13 bits per heavy atom. The Kier molecular flexibility index (Phi) is 3.38. The van der Waals surface area contributed by atoms with E-state index in [0.29, 0.717) is 0 Å². The van der Waals surface area contributed by atoms with Crippen molar-refractivity contribution in [1.29, 1.82) is 0 Å². The van der Waals surface area contributed by atoms with Gasteiger partial charge in [-0.15, -0.1) is 0 Å². The standard InChI is InChI=1S/C13H12ClN/c14-15-13(11-7-3-1-4-8-11)12-9-5-2-6-10-12/h1-10,13,15H. The number of nitrogens with one attached hydrogen (secondary N) is 1. The van der Waals surface area contributed by atoms with E-state index in [2.05, 4.69) is 29.1 Å². The average molecular weight is 218 g/mol. The molecule has 0 amide bonds. The van der Waals surface area contributed by atoms with E-state index in [0.717, 1.165) is 0 Å². The van der Waals surface area contributed by atoms with E-state index in [1.165, 1.54) is 11.1 Å². The van der Waals surface area contributed by atoms with Crippen molar-refractivity contribution in [3.8, 4) is 0 Å². The van der Waals surface area contributed by atoms with Crippen LogP contribution in [0.1, 0.15) is 17.2 Å². The Labute approximate surface area is 94.8 Å². The first-order valence-corrected chi connectivity index (χ1v) is 5.25. The predicted molar refractivity (Wildman–Crippen MR) is 63.7 cm³/mol. The molecule has 0 spiro atoms. The summed E-state index contributed by atoms with van der Waals surface area (Å²) in [6.45, 7) is 0. The first kappa shape index (κ1) is 10.2. The van der Waals surface area contributed by atoms with Gasteiger partial charge in [-0.3, -0.25) is 0 Å². The molecule has 2 aromatic carbocycles. The van der Waals surface area contributed by atoms with Gasteiger partial charge in [0.1, 0.15) is 0 Å². The van der Waals surface area contributed by atoms with Crippen molar-refractivity contribution in [2.45, 2.75) is 6.04 Å². The first-order chi connectivity index (χ1) is 7.42. The molecular formula is C13H12ClN. The molecule has 0 aliphatic heterocycles. The van der Waals surface area contributed by atoms with E-state index in [9.17, 15) is 0 Å². The Balaban J connectivity index is 2.34. The molecule has 0 fully saturated rings. The number of benzene rings is 2. The SMILES string of the molecule is ClNC(c1ccccc1)c1ccccc1. The van der Waals surface area contributed by atoms with E-state index in [1.54, 1.807) is 0 Å². The summed E-state index contributed by atoms with van der Waals surface area (Å²) in [6, 6.07) is 20.4. The maximum atomic E-state index is 5.79. The Morgan fingerprint density at radius 1 is 0.733 bits per heavy atom. The van der Waals surface area contributed by atoms with Gasteiger partial charge in [0, 0.05) is 0 Å². The molecule has 0 unspecified atom stereocenters. The van der Waals surface area contributed by atoms with Crippen LogP contribution in [0.4, 0.5) is 0 Å². The zero-order valence-electron chi connectivity index (χ0n) is 8.23. The number of hydrogen-bond donors (Lipinski definition) is 1. The van der Waals surface area contributed by atoms with E-state index in [4.69, 9.17) is 11.8 Å². The maximum Gasteiger partial charge on any atom is 0.0720 e. The minimum atomic E-state index is 0.0501. The Morgan fingerprint density at radius 3 is 1.47 bits per heavy atom. The summed E-state index contributed by atoms with van der Waals surface area (Å²) >= 11 is 5.79. The first-order valence-electron chi connectivity index (χ1n) is 4.88. The molecule has 0 saturated heterocycles. The summed E-state index contributed by atoms with van der Waals surface area (Å²) in [5, 5.41) is 0. The highest BCUT2D eigenvalue weighted by Crippen LogP contribution is 2.21. The molecule has 0 bridgehead atoms. The highest BCUT2D eigenvalue weighted by molar-refractivity contribution is 6.13. The molecule has 15 heavy (non-hydrogen) atoms. The third-order valence-corrected chi connectivity index (χ3v) is 2.59. The van der Waals surface area contributed by atoms with Crippen LogP contribution in [0.15, 0.2) is 60.7 Å². The topological polar surface area (TPSA) is 12.0 Å². The molecule has 1 nitrogen and oxygen atoms in total. The molecule has 0 aliphatic rings. The minimum Gasteiger partial charge on any atom is -0.222 e. The summed E-state index contributed by atoms with van der Waals surface area (Å²) < 4.78 is 0. The monoisotopic (exact) mass is 217 g/mol. The lowest BCUT2D eigenvalue weighted by atomic mass is 10.00. The second-order valence-electron chi connectivity index (χ2n) is 3.36. The van der Waals surface area contributed by atoms with Crippen LogP contribution in [0.5, 0.6) is 0 Å². The fourth-order valence-corrected chi connectivity index (χ4v) is 1.86. The maximum absolute atomic E-state index is 5.79. The van der Waals surface area contributed by atoms with Crippen LogP contribution in [0.2, 0.25) is 0 Å². The number of rotatable bonds is 3. The van der Waals surface area contributed by atoms with E-state index in [1.807, 2.05) is 36.4 Å². The van der Waals surface area contributed by atoms with Gasteiger partial charge in [-0.2, -0.15) is 0 Å². The molecule has 0 heterocycles. The van der Waals surface area contributed by atoms with Gasteiger partial charge < -0.3 is 0 Å². The van der Waals surface area contributed by atoms with Crippen LogP contribution in [-0.2, 0) is 0 Å². The molecule has 0 aromatic heterocycles. The molecular weight excluding hydrogens is 206 g/mol. The molecule has 76 valence electrons. The largest absolute Gasteiger partial charge is 0.222 e. The summed E-state index contributed by atoms with van der Waals surface area (Å²) in [7, 11) is 0. The summed E-state index contributed by atoms with van der Waals surface area (Å²) in [4.78, 5) is 2.81. The van der Waals surface area contributed by atoms with E-state index >= 15 is 0 Å². The average Bonchev–Trinajstić information content (AvgIpc) is 2.33. The van der Waals surface area contributed by atoms with Crippen LogP contribution in [-0.4, -0.2) is 0 Å². The third kappa shape index (κ3) is 2.38. The van der Waals surface area contributed by atoms with E-state index < -0.39 is 0 Å². The van der Waals surface area contributed by atoms with Gasteiger partial charge in [0.2, 0.25) is 0 Å². The third-order valence-electron chi connectivity index (χ3n) is 2.37. The molecule has 0 atom stereocenters. The Bertz CT molecular complexity index is 360. The van der Waals surface area contributed by atoms with Crippen molar-refractivity contribution in [3.63, 3.8) is 0 Å². The van der Waals surface area contributed by atoms with Crippen molar-refractivity contribution in [2.75, 3.05) is 0 Å². The highest BCUT2D eigenvalue weighted by atomic mass is 35.5. The van der Waals surface area contributed by atoms with Gasteiger partial charge >= 0.3 is 0 Å². The lowest BCUT2D eigenvalue weighted by Crippen LogP contribution is -2.12. The quantitative estimate of drug-likeness (QED) is 0.776. The van der Waals surface area contributed by atoms with Gasteiger partial charge in [-0.1, -0.05) is 60.7 Å². The van der Waals surface area contributed by atoms with Gasteiger partial charge in [0.05, 0.1) is 6.04 Å². The van der Waals surface area contributed by atoms with Gasteiger partial charge in [-0.25, -0.2) is 4.84 Å².